The molecule has 0 saturated heterocycles. The molecule has 6 heteroatoms. The number of hydrogen-bond donors (Lipinski definition) is 1. The molecule has 4 nitrogen and oxygen atoms in total. The molecule has 0 bridgehead atoms. The van der Waals surface area contributed by atoms with Crippen LogP contribution in [0.4, 0.5) is 14.7 Å². The number of aromatic nitrogens is 2. The normalized spacial score (nSPS) is 15.6. The van der Waals surface area contributed by atoms with E-state index in [2.05, 4.69) is 58.0 Å². The maximum absolute atomic E-state index is 12.5. The summed E-state index contributed by atoms with van der Waals surface area (Å²) in [6.07, 6.45) is 2.13. The van der Waals surface area contributed by atoms with Crippen molar-refractivity contribution >= 4 is 22.7 Å². The van der Waals surface area contributed by atoms with Crippen molar-refractivity contribution in [2.45, 2.75) is 19.6 Å². The van der Waals surface area contributed by atoms with Crippen molar-refractivity contribution < 1.29 is 13.5 Å². The highest BCUT2D eigenvalue weighted by atomic mass is 19.3. The number of benzene rings is 3. The standard InChI is InChI=1S/C24H19F2N3O/c1-15-6-8-17(9-7-15)22-14-20(16-10-12-18(13-11-16)30-23(25)26)28-24-27-19-4-2-3-5-21(19)29(22)24/h2-14,22-23H,1H3,(H,27,28)/t22-/m1/s1. The van der Waals surface area contributed by atoms with Crippen LogP contribution in [0.2, 0.25) is 0 Å². The van der Waals surface area contributed by atoms with E-state index in [-0.39, 0.29) is 11.8 Å². The summed E-state index contributed by atoms with van der Waals surface area (Å²) in [5.41, 5.74) is 6.02. The monoisotopic (exact) mass is 403 g/mol. The van der Waals surface area contributed by atoms with E-state index in [1.807, 2.05) is 18.2 Å². The second-order valence-electron chi connectivity index (χ2n) is 7.26. The van der Waals surface area contributed by atoms with E-state index < -0.39 is 6.61 Å². The molecule has 3 aromatic carbocycles. The van der Waals surface area contributed by atoms with Crippen LogP contribution in [-0.4, -0.2) is 16.2 Å². The molecule has 0 saturated carbocycles. The number of nitrogens with one attached hydrogen (secondary N) is 1. The summed E-state index contributed by atoms with van der Waals surface area (Å²) in [5, 5.41) is 3.40. The van der Waals surface area contributed by atoms with Gasteiger partial charge in [-0.3, -0.25) is 4.57 Å². The predicted octanol–water partition coefficient (Wildman–Crippen LogP) is 6.00. The molecule has 1 atom stereocenters. The molecular weight excluding hydrogens is 384 g/mol. The van der Waals surface area contributed by atoms with E-state index in [0.717, 1.165) is 33.8 Å². The molecule has 0 aliphatic carbocycles. The largest absolute Gasteiger partial charge is 0.435 e. The van der Waals surface area contributed by atoms with Gasteiger partial charge in [0.1, 0.15) is 5.75 Å². The summed E-state index contributed by atoms with van der Waals surface area (Å²) in [6.45, 7) is -0.775. The third kappa shape index (κ3) is 3.30. The third-order valence-corrected chi connectivity index (χ3v) is 5.25. The molecule has 2 heterocycles. The van der Waals surface area contributed by atoms with Crippen molar-refractivity contribution in [3.63, 3.8) is 0 Å². The van der Waals surface area contributed by atoms with Gasteiger partial charge >= 0.3 is 6.61 Å². The number of allylic oxidation sites excluding steroid dienone is 1. The van der Waals surface area contributed by atoms with E-state index in [1.54, 1.807) is 24.3 Å². The van der Waals surface area contributed by atoms with Crippen molar-refractivity contribution in [1.29, 1.82) is 0 Å². The van der Waals surface area contributed by atoms with Crippen molar-refractivity contribution in [2.24, 2.45) is 0 Å². The van der Waals surface area contributed by atoms with Crippen molar-refractivity contribution in [3.05, 3.63) is 95.6 Å². The highest BCUT2D eigenvalue weighted by Crippen LogP contribution is 2.37. The number of alkyl halides is 2. The molecule has 0 amide bonds. The zero-order chi connectivity index (χ0) is 20.7. The maximum atomic E-state index is 12.5. The van der Waals surface area contributed by atoms with Crippen molar-refractivity contribution in [3.8, 4) is 5.75 Å². The highest BCUT2D eigenvalue weighted by molar-refractivity contribution is 5.85. The van der Waals surface area contributed by atoms with Gasteiger partial charge in [0.05, 0.1) is 17.1 Å². The Morgan fingerprint density at radius 1 is 0.967 bits per heavy atom. The number of aryl methyl sites for hydroxylation is 1. The average Bonchev–Trinajstić information content (AvgIpc) is 3.12. The molecule has 0 fully saturated rings. The number of imidazole rings is 1. The fourth-order valence-electron chi connectivity index (χ4n) is 3.80. The lowest BCUT2D eigenvalue weighted by molar-refractivity contribution is -0.0498. The third-order valence-electron chi connectivity index (χ3n) is 5.25. The Labute approximate surface area is 172 Å². The van der Waals surface area contributed by atoms with E-state index >= 15 is 0 Å². The fourth-order valence-corrected chi connectivity index (χ4v) is 3.80. The first kappa shape index (κ1) is 18.4. The summed E-state index contributed by atoms with van der Waals surface area (Å²) in [7, 11) is 0. The van der Waals surface area contributed by atoms with Crippen LogP contribution in [0.3, 0.4) is 0 Å². The zero-order valence-corrected chi connectivity index (χ0v) is 16.2. The van der Waals surface area contributed by atoms with Crippen LogP contribution in [0, 0.1) is 6.92 Å². The lowest BCUT2D eigenvalue weighted by Crippen LogP contribution is -2.19. The van der Waals surface area contributed by atoms with E-state index in [1.165, 1.54) is 5.56 Å². The molecule has 0 unspecified atom stereocenters. The second kappa shape index (κ2) is 7.30. The van der Waals surface area contributed by atoms with Gasteiger partial charge in [-0.15, -0.1) is 0 Å². The van der Waals surface area contributed by atoms with Gasteiger partial charge in [0, 0.05) is 5.70 Å². The van der Waals surface area contributed by atoms with Crippen LogP contribution in [-0.2, 0) is 0 Å². The molecule has 1 aliphatic heterocycles. The summed E-state index contributed by atoms with van der Waals surface area (Å²) < 4.78 is 31.5. The summed E-state index contributed by atoms with van der Waals surface area (Å²) in [4.78, 5) is 4.77. The van der Waals surface area contributed by atoms with Gasteiger partial charge < -0.3 is 10.1 Å². The summed E-state index contributed by atoms with van der Waals surface area (Å²) in [6, 6.07) is 23.0. The van der Waals surface area contributed by atoms with E-state index in [9.17, 15) is 8.78 Å². The Morgan fingerprint density at radius 3 is 2.43 bits per heavy atom. The van der Waals surface area contributed by atoms with Crippen LogP contribution >= 0.6 is 0 Å². The van der Waals surface area contributed by atoms with Gasteiger partial charge in [-0.1, -0.05) is 42.0 Å². The molecule has 1 aliphatic rings. The Balaban J connectivity index is 1.60. The van der Waals surface area contributed by atoms with Gasteiger partial charge in [0.2, 0.25) is 5.95 Å². The first-order chi connectivity index (χ1) is 14.6. The fraction of sp³-hybridized carbons (Fsp3) is 0.125. The number of para-hydroxylation sites is 2. The first-order valence-electron chi connectivity index (χ1n) is 9.66. The van der Waals surface area contributed by atoms with Crippen LogP contribution in [0.15, 0.2) is 78.9 Å². The lowest BCUT2D eigenvalue weighted by Gasteiger charge is -2.26. The van der Waals surface area contributed by atoms with Gasteiger partial charge in [-0.2, -0.15) is 8.78 Å². The molecule has 5 rings (SSSR count). The van der Waals surface area contributed by atoms with Crippen LogP contribution in [0.1, 0.15) is 22.7 Å². The zero-order valence-electron chi connectivity index (χ0n) is 16.2. The lowest BCUT2D eigenvalue weighted by atomic mass is 10.00. The molecule has 4 aromatic rings. The Hall–Kier alpha value is -3.67. The minimum absolute atomic E-state index is 0.0544. The topological polar surface area (TPSA) is 39.1 Å². The Kier molecular flexibility index (Phi) is 4.47. The van der Waals surface area contributed by atoms with Gasteiger partial charge in [-0.05, 0) is 60.5 Å². The Bertz CT molecular complexity index is 1230. The highest BCUT2D eigenvalue weighted by Gasteiger charge is 2.25. The van der Waals surface area contributed by atoms with Crippen molar-refractivity contribution in [2.75, 3.05) is 5.32 Å². The molecular formula is C24H19F2N3O. The number of halogens is 2. The summed E-state index contributed by atoms with van der Waals surface area (Å²) in [5.74, 6) is 0.875. The number of fused-ring (bicyclic) bond motifs is 3. The minimum Gasteiger partial charge on any atom is -0.435 e. The molecule has 1 aromatic heterocycles. The molecule has 30 heavy (non-hydrogen) atoms. The first-order valence-corrected chi connectivity index (χ1v) is 9.66. The molecule has 1 N–H and O–H groups in total. The number of nitrogens with zero attached hydrogens (tertiary/aromatic N) is 2. The smallest absolute Gasteiger partial charge is 0.387 e. The van der Waals surface area contributed by atoms with Crippen LogP contribution in [0.5, 0.6) is 5.75 Å². The quantitative estimate of drug-likeness (QED) is 0.454. The van der Waals surface area contributed by atoms with Crippen LogP contribution < -0.4 is 10.1 Å². The van der Waals surface area contributed by atoms with Crippen LogP contribution in [0.25, 0.3) is 16.7 Å². The van der Waals surface area contributed by atoms with Gasteiger partial charge in [0.15, 0.2) is 0 Å². The molecule has 0 radical (unpaired) electrons. The van der Waals surface area contributed by atoms with E-state index in [0.29, 0.717) is 0 Å². The summed E-state index contributed by atoms with van der Waals surface area (Å²) >= 11 is 0. The average molecular weight is 403 g/mol. The molecule has 0 spiro atoms. The van der Waals surface area contributed by atoms with Gasteiger partial charge in [-0.25, -0.2) is 4.98 Å². The maximum Gasteiger partial charge on any atom is 0.387 e. The molecule has 150 valence electrons. The van der Waals surface area contributed by atoms with Crippen molar-refractivity contribution in [1.82, 2.24) is 9.55 Å². The number of ether oxygens (including phenoxy) is 1. The number of anilines is 1. The van der Waals surface area contributed by atoms with Gasteiger partial charge in [0.25, 0.3) is 0 Å². The number of hydrogen-bond acceptors (Lipinski definition) is 3. The predicted molar refractivity (Wildman–Crippen MR) is 114 cm³/mol. The number of rotatable bonds is 4. The van der Waals surface area contributed by atoms with E-state index in [4.69, 9.17) is 4.98 Å². The SMILES string of the molecule is Cc1ccc([C@H]2C=C(c3ccc(OC(F)F)cc3)Nc3nc4ccccc4n32)cc1. The second-order valence-corrected chi connectivity index (χ2v) is 7.26. The minimum atomic E-state index is -2.84. The Morgan fingerprint density at radius 2 is 1.70 bits per heavy atom.